The highest BCUT2D eigenvalue weighted by Crippen LogP contribution is 2.42. The van der Waals surface area contributed by atoms with Crippen LogP contribution in [0.4, 0.5) is 17.6 Å². The zero-order valence-electron chi connectivity index (χ0n) is 18.4. The molecule has 0 amide bonds. The average Bonchev–Trinajstić information content (AvgIpc) is 3.56. The van der Waals surface area contributed by atoms with Gasteiger partial charge < -0.3 is 14.7 Å². The predicted molar refractivity (Wildman–Crippen MR) is 121 cm³/mol. The Morgan fingerprint density at radius 3 is 2.53 bits per heavy atom. The first-order valence-electron chi connectivity index (χ1n) is 11.6. The van der Waals surface area contributed by atoms with E-state index in [0.29, 0.717) is 6.04 Å². The summed E-state index contributed by atoms with van der Waals surface area (Å²) in [5.74, 6) is 3.76. The van der Waals surface area contributed by atoms with E-state index in [9.17, 15) is 0 Å². The molecule has 10 heteroatoms. The number of aromatic nitrogens is 7. The minimum atomic E-state index is 0.198. The second-order valence-corrected chi connectivity index (χ2v) is 8.75. The Hall–Kier alpha value is -3.30. The SMILES string of the molecule is CCC1c2nncn2-c2cnc(N3CCN(c4cnccn4)CC3)nc2N1C1CCCC1. The van der Waals surface area contributed by atoms with Crippen molar-refractivity contribution in [1.29, 1.82) is 0 Å². The summed E-state index contributed by atoms with van der Waals surface area (Å²) < 4.78 is 2.07. The summed E-state index contributed by atoms with van der Waals surface area (Å²) >= 11 is 0. The second kappa shape index (κ2) is 7.99. The number of nitrogens with zero attached hydrogens (tertiary/aromatic N) is 10. The molecule has 166 valence electrons. The van der Waals surface area contributed by atoms with Crippen LogP contribution in [0, 0.1) is 0 Å². The van der Waals surface area contributed by atoms with Crippen molar-refractivity contribution in [2.24, 2.45) is 0 Å². The molecule has 32 heavy (non-hydrogen) atoms. The fourth-order valence-corrected chi connectivity index (χ4v) is 5.38. The summed E-state index contributed by atoms with van der Waals surface area (Å²) in [6, 6.07) is 0.699. The van der Waals surface area contributed by atoms with E-state index in [0.717, 1.165) is 61.7 Å². The van der Waals surface area contributed by atoms with E-state index in [1.807, 2.05) is 12.4 Å². The molecule has 2 fully saturated rings. The lowest BCUT2D eigenvalue weighted by Gasteiger charge is -2.41. The molecule has 3 aromatic rings. The van der Waals surface area contributed by atoms with Crippen LogP contribution in [0.3, 0.4) is 0 Å². The van der Waals surface area contributed by atoms with Gasteiger partial charge in [-0.3, -0.25) is 9.55 Å². The normalized spacial score (nSPS) is 21.0. The molecule has 5 heterocycles. The van der Waals surface area contributed by atoms with E-state index in [1.54, 1.807) is 18.7 Å². The van der Waals surface area contributed by atoms with Gasteiger partial charge in [0, 0.05) is 44.6 Å². The van der Waals surface area contributed by atoms with Gasteiger partial charge in [-0.25, -0.2) is 9.97 Å². The summed E-state index contributed by atoms with van der Waals surface area (Å²) in [4.78, 5) is 25.6. The van der Waals surface area contributed by atoms with Crippen molar-refractivity contribution in [2.75, 3.05) is 40.9 Å². The molecule has 0 radical (unpaired) electrons. The number of hydrogen-bond acceptors (Lipinski definition) is 9. The molecule has 6 rings (SSSR count). The monoisotopic (exact) mass is 432 g/mol. The molecule has 10 nitrogen and oxygen atoms in total. The minimum absolute atomic E-state index is 0.198. The van der Waals surface area contributed by atoms with Gasteiger partial charge in [0.15, 0.2) is 11.6 Å². The second-order valence-electron chi connectivity index (χ2n) is 8.75. The molecule has 0 N–H and O–H groups in total. The quantitative estimate of drug-likeness (QED) is 0.616. The Kier molecular flexibility index (Phi) is 4.84. The van der Waals surface area contributed by atoms with Gasteiger partial charge in [-0.2, -0.15) is 4.98 Å². The number of rotatable bonds is 4. The van der Waals surface area contributed by atoms with Crippen molar-refractivity contribution in [3.8, 4) is 5.69 Å². The third kappa shape index (κ3) is 3.16. The van der Waals surface area contributed by atoms with Gasteiger partial charge in [-0.15, -0.1) is 10.2 Å². The molecular weight excluding hydrogens is 404 g/mol. The van der Waals surface area contributed by atoms with Crippen LogP contribution in [0.25, 0.3) is 5.69 Å². The Balaban J connectivity index is 1.31. The molecule has 1 aliphatic carbocycles. The van der Waals surface area contributed by atoms with E-state index in [1.165, 1.54) is 25.7 Å². The van der Waals surface area contributed by atoms with Crippen LogP contribution in [-0.2, 0) is 0 Å². The highest BCUT2D eigenvalue weighted by molar-refractivity contribution is 5.64. The van der Waals surface area contributed by atoms with E-state index < -0.39 is 0 Å². The molecule has 0 bridgehead atoms. The van der Waals surface area contributed by atoms with Crippen molar-refractivity contribution in [2.45, 2.75) is 51.1 Å². The first kappa shape index (κ1) is 19.4. The lowest BCUT2D eigenvalue weighted by molar-refractivity contribution is 0.468. The highest BCUT2D eigenvalue weighted by atomic mass is 15.4. The Bertz CT molecular complexity index is 1070. The van der Waals surface area contributed by atoms with Crippen LogP contribution < -0.4 is 14.7 Å². The van der Waals surface area contributed by atoms with E-state index in [2.05, 4.69) is 46.4 Å². The topological polar surface area (TPSA) is 92.0 Å². The van der Waals surface area contributed by atoms with E-state index >= 15 is 0 Å². The molecule has 3 aliphatic rings. The fourth-order valence-electron chi connectivity index (χ4n) is 5.38. The Labute approximate surface area is 187 Å². The third-order valence-electron chi connectivity index (χ3n) is 6.99. The van der Waals surface area contributed by atoms with Crippen LogP contribution in [0.2, 0.25) is 0 Å². The lowest BCUT2D eigenvalue weighted by Crippen LogP contribution is -2.48. The highest BCUT2D eigenvalue weighted by Gasteiger charge is 2.38. The number of piperazine rings is 1. The van der Waals surface area contributed by atoms with Crippen LogP contribution in [0.1, 0.15) is 50.9 Å². The van der Waals surface area contributed by atoms with Gasteiger partial charge in [0.1, 0.15) is 17.8 Å². The van der Waals surface area contributed by atoms with E-state index in [4.69, 9.17) is 9.97 Å². The first-order valence-corrected chi connectivity index (χ1v) is 11.6. The van der Waals surface area contributed by atoms with Gasteiger partial charge in [-0.05, 0) is 19.3 Å². The summed E-state index contributed by atoms with van der Waals surface area (Å²) in [5, 5.41) is 8.68. The molecule has 1 saturated heterocycles. The molecule has 1 unspecified atom stereocenters. The van der Waals surface area contributed by atoms with Gasteiger partial charge in [0.2, 0.25) is 5.95 Å². The van der Waals surface area contributed by atoms with E-state index in [-0.39, 0.29) is 6.04 Å². The average molecular weight is 433 g/mol. The Morgan fingerprint density at radius 2 is 1.78 bits per heavy atom. The Morgan fingerprint density at radius 1 is 0.969 bits per heavy atom. The van der Waals surface area contributed by atoms with Gasteiger partial charge >= 0.3 is 0 Å². The number of fused-ring (bicyclic) bond motifs is 3. The summed E-state index contributed by atoms with van der Waals surface area (Å²) in [6.45, 7) is 5.68. The van der Waals surface area contributed by atoms with Crippen LogP contribution in [0.15, 0.2) is 31.1 Å². The van der Waals surface area contributed by atoms with Crippen LogP contribution in [-0.4, -0.2) is 66.9 Å². The maximum Gasteiger partial charge on any atom is 0.227 e. The summed E-state index contributed by atoms with van der Waals surface area (Å²) in [7, 11) is 0. The third-order valence-corrected chi connectivity index (χ3v) is 6.99. The first-order chi connectivity index (χ1) is 15.8. The van der Waals surface area contributed by atoms with Gasteiger partial charge in [-0.1, -0.05) is 19.8 Å². The number of hydrogen-bond donors (Lipinski definition) is 0. The molecular formula is C22H28N10. The maximum absolute atomic E-state index is 5.16. The predicted octanol–water partition coefficient (Wildman–Crippen LogP) is 2.39. The van der Waals surface area contributed by atoms with Crippen molar-refractivity contribution in [3.05, 3.63) is 36.9 Å². The lowest BCUT2D eigenvalue weighted by atomic mass is 10.0. The smallest absolute Gasteiger partial charge is 0.227 e. The van der Waals surface area contributed by atoms with Crippen LogP contribution >= 0.6 is 0 Å². The zero-order valence-corrected chi connectivity index (χ0v) is 18.4. The van der Waals surface area contributed by atoms with Gasteiger partial charge in [0.25, 0.3) is 0 Å². The summed E-state index contributed by atoms with van der Waals surface area (Å²) in [6.07, 6.45) is 15.0. The molecule has 1 atom stereocenters. The van der Waals surface area contributed by atoms with Gasteiger partial charge in [0.05, 0.1) is 18.4 Å². The fraction of sp³-hybridized carbons (Fsp3) is 0.545. The zero-order chi connectivity index (χ0) is 21.5. The molecule has 1 saturated carbocycles. The standard InChI is InChI=1S/C22H28N10/c1-2-17-21-28-26-15-31(21)18-13-25-22(27-20(18)32(17)16-5-3-4-6-16)30-11-9-29(10-12-30)19-14-23-7-8-24-19/h7-8,13-17H,2-6,9-12H2,1H3. The van der Waals surface area contributed by atoms with Crippen LogP contribution in [0.5, 0.6) is 0 Å². The molecule has 0 aromatic carbocycles. The van der Waals surface area contributed by atoms with Crippen molar-refractivity contribution in [1.82, 2.24) is 34.7 Å². The molecule has 2 aliphatic heterocycles. The van der Waals surface area contributed by atoms with Crippen molar-refractivity contribution in [3.63, 3.8) is 0 Å². The minimum Gasteiger partial charge on any atom is -0.352 e. The molecule has 3 aromatic heterocycles. The number of anilines is 3. The van der Waals surface area contributed by atoms with Crippen molar-refractivity contribution >= 4 is 17.6 Å². The molecule has 0 spiro atoms. The maximum atomic E-state index is 5.16. The van der Waals surface area contributed by atoms with Crippen molar-refractivity contribution < 1.29 is 0 Å². The summed E-state index contributed by atoms with van der Waals surface area (Å²) in [5.41, 5.74) is 0.989. The largest absolute Gasteiger partial charge is 0.352 e.